The summed E-state index contributed by atoms with van der Waals surface area (Å²) in [5.74, 6) is 0.653. The molecule has 0 bridgehead atoms. The Kier molecular flexibility index (Phi) is 8.63. The fraction of sp³-hybridized carbons (Fsp3) is 0.462. The maximum Gasteiger partial charge on any atom is 0.241 e. The van der Waals surface area contributed by atoms with Crippen LogP contribution in [0.1, 0.15) is 18.9 Å². The molecule has 4 nitrogen and oxygen atoms in total. The minimum absolute atomic E-state index is 0. The summed E-state index contributed by atoms with van der Waals surface area (Å²) in [5, 5.41) is 12.3. The highest BCUT2D eigenvalue weighted by atomic mass is 35.5. The molecule has 0 heterocycles. The number of anilines is 1. The Labute approximate surface area is 124 Å². The number of benzene rings is 1. The van der Waals surface area contributed by atoms with Crippen LogP contribution >= 0.6 is 24.2 Å². The third-order valence-electron chi connectivity index (χ3n) is 2.70. The van der Waals surface area contributed by atoms with Gasteiger partial charge in [0.15, 0.2) is 0 Å². The van der Waals surface area contributed by atoms with E-state index in [9.17, 15) is 9.90 Å². The molecule has 0 aromatic heterocycles. The second-order valence-electron chi connectivity index (χ2n) is 4.08. The molecule has 4 N–H and O–H groups in total. The number of hydrogen-bond acceptors (Lipinski definition) is 4. The number of carbonyl (C=O) groups is 1. The quantitative estimate of drug-likeness (QED) is 0.705. The monoisotopic (exact) mass is 304 g/mol. The molecule has 0 saturated heterocycles. The number of amides is 1. The smallest absolute Gasteiger partial charge is 0.241 e. The lowest BCUT2D eigenvalue weighted by Gasteiger charge is -2.13. The average molecular weight is 305 g/mol. The van der Waals surface area contributed by atoms with E-state index >= 15 is 0 Å². The van der Waals surface area contributed by atoms with Gasteiger partial charge in [0.2, 0.25) is 5.91 Å². The molecule has 1 amide bonds. The van der Waals surface area contributed by atoms with Crippen molar-refractivity contribution in [3.63, 3.8) is 0 Å². The summed E-state index contributed by atoms with van der Waals surface area (Å²) in [6.07, 6.45) is 3.45. The predicted molar refractivity (Wildman–Crippen MR) is 84.3 cm³/mol. The number of carbonyl (C=O) groups excluding carboxylic acids is 1. The molecule has 0 spiro atoms. The molecule has 1 rings (SSSR count). The van der Waals surface area contributed by atoms with Crippen molar-refractivity contribution in [1.82, 2.24) is 0 Å². The highest BCUT2D eigenvalue weighted by Crippen LogP contribution is 2.24. The van der Waals surface area contributed by atoms with Crippen molar-refractivity contribution in [3.05, 3.63) is 23.8 Å². The molecule has 0 radical (unpaired) electrons. The Morgan fingerprint density at radius 1 is 1.53 bits per heavy atom. The van der Waals surface area contributed by atoms with Gasteiger partial charge in [-0.05, 0) is 42.5 Å². The average Bonchev–Trinajstić information content (AvgIpc) is 2.38. The van der Waals surface area contributed by atoms with Crippen molar-refractivity contribution >= 4 is 35.8 Å². The van der Waals surface area contributed by atoms with Crippen LogP contribution in [0.25, 0.3) is 0 Å². The fourth-order valence-electron chi connectivity index (χ4n) is 1.50. The molecule has 0 aliphatic carbocycles. The minimum Gasteiger partial charge on any atom is -0.506 e. The van der Waals surface area contributed by atoms with E-state index in [-0.39, 0.29) is 24.1 Å². The molecule has 1 aromatic rings. The van der Waals surface area contributed by atoms with Crippen molar-refractivity contribution in [2.24, 2.45) is 5.73 Å². The van der Waals surface area contributed by atoms with Crippen molar-refractivity contribution in [2.45, 2.75) is 25.8 Å². The zero-order valence-corrected chi connectivity index (χ0v) is 12.8. The molecule has 0 saturated carbocycles. The van der Waals surface area contributed by atoms with Crippen molar-refractivity contribution in [1.29, 1.82) is 0 Å². The fourth-order valence-corrected chi connectivity index (χ4v) is 1.99. The Hall–Kier alpha value is -0.910. The van der Waals surface area contributed by atoms with Crippen LogP contribution in [0.2, 0.25) is 0 Å². The van der Waals surface area contributed by atoms with E-state index in [4.69, 9.17) is 5.73 Å². The number of phenols is 1. The molecule has 0 unspecified atom stereocenters. The van der Waals surface area contributed by atoms with Crippen molar-refractivity contribution in [3.8, 4) is 5.75 Å². The number of phenolic OH excluding ortho intramolecular Hbond substituents is 1. The summed E-state index contributed by atoms with van der Waals surface area (Å²) in [5.41, 5.74) is 7.25. The maximum atomic E-state index is 11.8. The van der Waals surface area contributed by atoms with Crippen LogP contribution in [0, 0.1) is 0 Å². The molecule has 0 fully saturated rings. The van der Waals surface area contributed by atoms with Gasteiger partial charge in [0, 0.05) is 0 Å². The van der Waals surface area contributed by atoms with Crippen LogP contribution < -0.4 is 11.1 Å². The lowest BCUT2D eigenvalue weighted by atomic mass is 10.1. The molecule has 1 aromatic carbocycles. The molecule has 108 valence electrons. The zero-order valence-electron chi connectivity index (χ0n) is 11.2. The van der Waals surface area contributed by atoms with Gasteiger partial charge in [-0.15, -0.1) is 12.4 Å². The highest BCUT2D eigenvalue weighted by molar-refractivity contribution is 7.98. The van der Waals surface area contributed by atoms with Gasteiger partial charge in [-0.2, -0.15) is 11.8 Å². The summed E-state index contributed by atoms with van der Waals surface area (Å²) >= 11 is 1.65. The van der Waals surface area contributed by atoms with Gasteiger partial charge < -0.3 is 16.2 Å². The van der Waals surface area contributed by atoms with Gasteiger partial charge >= 0.3 is 0 Å². The standard InChI is InChI=1S/C13H20N2O2S.ClH/c1-3-9-4-5-12(16)11(8-9)15-13(17)10(14)6-7-18-2;/h4-5,8,10,16H,3,6-7,14H2,1-2H3,(H,15,17);1H/t10-;/m0./s1. The van der Waals surface area contributed by atoms with Crippen molar-refractivity contribution < 1.29 is 9.90 Å². The van der Waals surface area contributed by atoms with Crippen LogP contribution in [0.15, 0.2) is 18.2 Å². The molecule has 19 heavy (non-hydrogen) atoms. The van der Waals surface area contributed by atoms with Gasteiger partial charge in [0.25, 0.3) is 0 Å². The van der Waals surface area contributed by atoms with Crippen molar-refractivity contribution in [2.75, 3.05) is 17.3 Å². The number of aryl methyl sites for hydroxylation is 1. The summed E-state index contributed by atoms with van der Waals surface area (Å²) in [6.45, 7) is 2.02. The lowest BCUT2D eigenvalue weighted by Crippen LogP contribution is -2.36. The van der Waals surface area contributed by atoms with E-state index in [0.29, 0.717) is 12.1 Å². The Morgan fingerprint density at radius 3 is 2.79 bits per heavy atom. The van der Waals surface area contributed by atoms with Crippen LogP contribution in [0.4, 0.5) is 5.69 Å². The first-order valence-corrected chi connectivity index (χ1v) is 7.35. The predicted octanol–water partition coefficient (Wildman–Crippen LogP) is 2.40. The van der Waals surface area contributed by atoms with Gasteiger partial charge in [0.1, 0.15) is 5.75 Å². The van der Waals surface area contributed by atoms with Crippen LogP contribution in [0.3, 0.4) is 0 Å². The number of aromatic hydroxyl groups is 1. The maximum absolute atomic E-state index is 11.8. The van der Waals surface area contributed by atoms with E-state index in [1.54, 1.807) is 23.9 Å². The van der Waals surface area contributed by atoms with E-state index in [2.05, 4.69) is 5.32 Å². The molecule has 6 heteroatoms. The Bertz CT molecular complexity index is 416. The largest absolute Gasteiger partial charge is 0.506 e. The number of nitrogens with one attached hydrogen (secondary N) is 1. The summed E-state index contributed by atoms with van der Waals surface area (Å²) in [6, 6.07) is 4.65. The number of rotatable bonds is 6. The molecule has 0 aliphatic rings. The van der Waals surface area contributed by atoms with Gasteiger partial charge in [-0.3, -0.25) is 4.79 Å². The number of hydrogen-bond donors (Lipinski definition) is 3. The zero-order chi connectivity index (χ0) is 13.5. The molecular formula is C13H21ClN2O2S. The summed E-state index contributed by atoms with van der Waals surface area (Å²) < 4.78 is 0. The third-order valence-corrected chi connectivity index (χ3v) is 3.34. The molecule has 0 aliphatic heterocycles. The second kappa shape index (κ2) is 9.07. The summed E-state index contributed by atoms with van der Waals surface area (Å²) in [4.78, 5) is 11.8. The highest BCUT2D eigenvalue weighted by Gasteiger charge is 2.14. The summed E-state index contributed by atoms with van der Waals surface area (Å²) in [7, 11) is 0. The molecular weight excluding hydrogens is 284 g/mol. The van der Waals surface area contributed by atoms with Gasteiger partial charge in [-0.25, -0.2) is 0 Å². The lowest BCUT2D eigenvalue weighted by molar-refractivity contribution is -0.117. The first-order valence-electron chi connectivity index (χ1n) is 5.95. The van der Waals surface area contributed by atoms with E-state index in [1.807, 2.05) is 19.2 Å². The Balaban J connectivity index is 0.00000324. The Morgan fingerprint density at radius 2 is 2.21 bits per heavy atom. The SMILES string of the molecule is CCc1ccc(O)c(NC(=O)[C@@H](N)CCSC)c1.Cl. The number of halogens is 1. The van der Waals surface area contributed by atoms with Crippen LogP contribution in [-0.4, -0.2) is 29.1 Å². The van der Waals surface area contributed by atoms with E-state index in [1.165, 1.54) is 0 Å². The minimum atomic E-state index is -0.540. The van der Waals surface area contributed by atoms with Gasteiger partial charge in [0.05, 0.1) is 11.7 Å². The van der Waals surface area contributed by atoms with Gasteiger partial charge in [-0.1, -0.05) is 13.0 Å². The second-order valence-corrected chi connectivity index (χ2v) is 5.07. The van der Waals surface area contributed by atoms with E-state index in [0.717, 1.165) is 17.7 Å². The number of nitrogens with two attached hydrogens (primary N) is 1. The third kappa shape index (κ3) is 5.72. The first kappa shape index (κ1) is 18.1. The molecule has 1 atom stereocenters. The first-order chi connectivity index (χ1) is 8.58. The number of thioether (sulfide) groups is 1. The van der Waals surface area contributed by atoms with E-state index < -0.39 is 6.04 Å². The normalized spacial score (nSPS) is 11.5. The van der Waals surface area contributed by atoms with Crippen LogP contribution in [-0.2, 0) is 11.2 Å². The topological polar surface area (TPSA) is 75.3 Å². The van der Waals surface area contributed by atoms with Crippen LogP contribution in [0.5, 0.6) is 5.75 Å².